The largest absolute Gasteiger partial charge is 0.502 e. The van der Waals surface area contributed by atoms with Crippen LogP contribution in [-0.4, -0.2) is 41.1 Å². The highest BCUT2D eigenvalue weighted by molar-refractivity contribution is 5.95. The van der Waals surface area contributed by atoms with Crippen LogP contribution in [0.3, 0.4) is 0 Å². The Hall–Kier alpha value is -2.50. The summed E-state index contributed by atoms with van der Waals surface area (Å²) in [5.74, 6) is -2.34. The van der Waals surface area contributed by atoms with Gasteiger partial charge >= 0.3 is 5.97 Å². The minimum absolute atomic E-state index is 0.299. The first-order chi connectivity index (χ1) is 9.35. The van der Waals surface area contributed by atoms with Crippen LogP contribution in [0.4, 0.5) is 0 Å². The molecule has 0 radical (unpaired) electrons. The summed E-state index contributed by atoms with van der Waals surface area (Å²) in [4.78, 5) is 23.4. The molecular weight excluding hydrogens is 262 g/mol. The second kappa shape index (κ2) is 6.60. The number of hydrogen-bond donors (Lipinski definition) is 2. The lowest BCUT2D eigenvalue weighted by atomic mass is 10.1. The Morgan fingerprint density at radius 3 is 2.50 bits per heavy atom. The molecule has 1 aromatic carbocycles. The summed E-state index contributed by atoms with van der Waals surface area (Å²) in [5, 5.41) is 17.5. The summed E-state index contributed by atoms with van der Waals surface area (Å²) < 4.78 is 5.14. The second-order valence-corrected chi connectivity index (χ2v) is 4.33. The van der Waals surface area contributed by atoms with Crippen LogP contribution in [0.2, 0.25) is 0 Å². The molecule has 1 aromatic rings. The predicted molar refractivity (Wildman–Crippen MR) is 72.6 cm³/mol. The van der Waals surface area contributed by atoms with Crippen molar-refractivity contribution in [2.24, 2.45) is 0 Å². The Labute approximate surface area is 116 Å². The maximum absolute atomic E-state index is 11.7. The Morgan fingerprint density at radius 1 is 1.35 bits per heavy atom. The van der Waals surface area contributed by atoms with E-state index in [9.17, 15) is 9.59 Å². The minimum atomic E-state index is -1.54. The molecule has 0 aliphatic rings. The van der Waals surface area contributed by atoms with Crippen molar-refractivity contribution in [3.63, 3.8) is 0 Å². The van der Waals surface area contributed by atoms with Crippen LogP contribution >= 0.6 is 0 Å². The zero-order valence-electron chi connectivity index (χ0n) is 11.6. The number of carboxylic acid groups (broad SMARTS) is 1. The average Bonchev–Trinajstić information content (AvgIpc) is 2.38. The first-order valence-corrected chi connectivity index (χ1v) is 5.87. The molecular formula is C14H17NO5. The number of benzene rings is 1. The third-order valence-electron chi connectivity index (χ3n) is 2.73. The Balaban J connectivity index is 2.78. The minimum Gasteiger partial charge on any atom is -0.502 e. The highest BCUT2D eigenvalue weighted by atomic mass is 16.5. The fourth-order valence-electron chi connectivity index (χ4n) is 1.68. The van der Waals surface area contributed by atoms with E-state index < -0.39 is 17.6 Å². The van der Waals surface area contributed by atoms with E-state index in [-0.39, 0.29) is 0 Å². The molecule has 0 heterocycles. The zero-order chi connectivity index (χ0) is 15.3. The number of ether oxygens (including phenoxy) is 1. The van der Waals surface area contributed by atoms with E-state index in [4.69, 9.17) is 14.9 Å². The molecule has 1 rings (SSSR count). The second-order valence-electron chi connectivity index (χ2n) is 4.33. The van der Waals surface area contributed by atoms with Crippen LogP contribution in [0.1, 0.15) is 11.1 Å². The van der Waals surface area contributed by atoms with E-state index in [0.29, 0.717) is 12.6 Å². The lowest BCUT2D eigenvalue weighted by Crippen LogP contribution is -2.25. The third kappa shape index (κ3) is 4.01. The van der Waals surface area contributed by atoms with Gasteiger partial charge in [0.25, 0.3) is 5.91 Å². The molecule has 0 fully saturated rings. The fourth-order valence-corrected chi connectivity index (χ4v) is 1.68. The molecule has 0 aromatic heterocycles. The molecule has 2 N–H and O–H groups in total. The Morgan fingerprint density at radius 2 is 2.00 bits per heavy atom. The molecule has 0 bridgehead atoms. The zero-order valence-corrected chi connectivity index (χ0v) is 11.6. The molecule has 0 aliphatic carbocycles. The van der Waals surface area contributed by atoms with Crippen LogP contribution in [-0.2, 0) is 16.1 Å². The molecule has 0 aliphatic heterocycles. The Kier molecular flexibility index (Phi) is 5.14. The van der Waals surface area contributed by atoms with Crippen molar-refractivity contribution in [2.45, 2.75) is 13.5 Å². The summed E-state index contributed by atoms with van der Waals surface area (Å²) in [7, 11) is 3.10. The van der Waals surface area contributed by atoms with Gasteiger partial charge in [0.2, 0.25) is 5.76 Å². The van der Waals surface area contributed by atoms with Crippen molar-refractivity contribution in [2.75, 3.05) is 14.2 Å². The molecule has 6 heteroatoms. The molecule has 108 valence electrons. The van der Waals surface area contributed by atoms with Gasteiger partial charge in [-0.2, -0.15) is 0 Å². The maximum atomic E-state index is 11.7. The van der Waals surface area contributed by atoms with Crippen molar-refractivity contribution >= 4 is 11.9 Å². The smallest absolute Gasteiger partial charge is 0.371 e. The summed E-state index contributed by atoms with van der Waals surface area (Å²) in [6.07, 6.45) is 0.679. The van der Waals surface area contributed by atoms with Gasteiger partial charge in [-0.1, -0.05) is 12.1 Å². The van der Waals surface area contributed by atoms with Crippen molar-refractivity contribution in [1.82, 2.24) is 4.90 Å². The molecule has 0 unspecified atom stereocenters. The summed E-state index contributed by atoms with van der Waals surface area (Å²) in [5.41, 5.74) is 1.82. The lowest BCUT2D eigenvalue weighted by molar-refractivity contribution is -0.136. The Bertz CT molecular complexity index is 550. The quantitative estimate of drug-likeness (QED) is 0.630. The van der Waals surface area contributed by atoms with E-state index in [0.717, 1.165) is 16.9 Å². The van der Waals surface area contributed by atoms with Gasteiger partial charge in [-0.15, -0.1) is 0 Å². The molecule has 6 nitrogen and oxygen atoms in total. The normalized spacial score (nSPS) is 11.1. The molecule has 1 amide bonds. The van der Waals surface area contributed by atoms with Crippen molar-refractivity contribution < 1.29 is 24.5 Å². The van der Waals surface area contributed by atoms with Crippen LogP contribution in [0.15, 0.2) is 30.0 Å². The summed E-state index contributed by atoms with van der Waals surface area (Å²) in [6, 6.07) is 5.49. The van der Waals surface area contributed by atoms with Gasteiger partial charge in [0, 0.05) is 13.6 Å². The number of rotatable bonds is 5. The molecule has 0 spiro atoms. The number of carbonyl (C=O) groups excluding carboxylic acids is 1. The van der Waals surface area contributed by atoms with E-state index in [1.165, 1.54) is 11.9 Å². The molecule has 0 saturated heterocycles. The van der Waals surface area contributed by atoms with Crippen molar-refractivity contribution in [3.8, 4) is 5.75 Å². The van der Waals surface area contributed by atoms with Gasteiger partial charge in [0.1, 0.15) is 5.75 Å². The maximum Gasteiger partial charge on any atom is 0.371 e. The predicted octanol–water partition coefficient (Wildman–Crippen LogP) is 1.49. The van der Waals surface area contributed by atoms with Gasteiger partial charge in [0.05, 0.1) is 13.2 Å². The van der Waals surface area contributed by atoms with Gasteiger partial charge in [-0.05, 0) is 24.1 Å². The highest BCUT2D eigenvalue weighted by Crippen LogP contribution is 2.19. The molecule has 0 atom stereocenters. The fraction of sp³-hybridized carbons (Fsp3) is 0.286. The van der Waals surface area contributed by atoms with Crippen LogP contribution in [0.5, 0.6) is 5.75 Å². The number of aliphatic hydroxyl groups excluding tert-OH is 1. The van der Waals surface area contributed by atoms with Crippen LogP contribution in [0.25, 0.3) is 0 Å². The number of hydrogen-bond acceptors (Lipinski definition) is 4. The summed E-state index contributed by atoms with van der Waals surface area (Å²) in [6.45, 7) is 2.19. The lowest BCUT2D eigenvalue weighted by Gasteiger charge is -2.16. The van der Waals surface area contributed by atoms with E-state index in [1.54, 1.807) is 13.2 Å². The average molecular weight is 279 g/mol. The van der Waals surface area contributed by atoms with Crippen molar-refractivity contribution in [1.29, 1.82) is 0 Å². The summed E-state index contributed by atoms with van der Waals surface area (Å²) >= 11 is 0. The van der Waals surface area contributed by atoms with Gasteiger partial charge < -0.3 is 19.8 Å². The van der Waals surface area contributed by atoms with Gasteiger partial charge in [0.15, 0.2) is 0 Å². The number of aliphatic carboxylic acids is 1. The first-order valence-electron chi connectivity index (χ1n) is 5.87. The number of likely N-dealkylation sites (N-methyl/N-ethyl adjacent to an activating group) is 1. The van der Waals surface area contributed by atoms with E-state index >= 15 is 0 Å². The third-order valence-corrected chi connectivity index (χ3v) is 2.73. The van der Waals surface area contributed by atoms with E-state index in [1.807, 2.05) is 19.1 Å². The molecule has 0 saturated carbocycles. The number of aryl methyl sites for hydroxylation is 1. The monoisotopic (exact) mass is 279 g/mol. The van der Waals surface area contributed by atoms with Gasteiger partial charge in [-0.25, -0.2) is 4.79 Å². The highest BCUT2D eigenvalue weighted by Gasteiger charge is 2.12. The SMILES string of the molecule is COc1ccc(CN(C)C(=O)/C=C(\O)C(=O)O)cc1C. The topological polar surface area (TPSA) is 87.1 Å². The number of amides is 1. The van der Waals surface area contributed by atoms with Crippen LogP contribution < -0.4 is 4.74 Å². The van der Waals surface area contributed by atoms with Crippen molar-refractivity contribution in [3.05, 3.63) is 41.2 Å². The first kappa shape index (κ1) is 15.6. The number of carbonyl (C=O) groups is 2. The van der Waals surface area contributed by atoms with Crippen LogP contribution in [0, 0.1) is 6.92 Å². The number of aliphatic hydroxyl groups is 1. The number of carboxylic acids is 1. The van der Waals surface area contributed by atoms with E-state index in [2.05, 4.69) is 0 Å². The number of methoxy groups -OCH3 is 1. The standard InChI is InChI=1S/C14H17NO5/c1-9-6-10(4-5-12(9)20-3)8-15(2)13(17)7-11(16)14(18)19/h4-7,16H,8H2,1-3H3,(H,18,19)/b11-7-. The number of nitrogens with zero attached hydrogens (tertiary/aromatic N) is 1. The van der Waals surface area contributed by atoms with Gasteiger partial charge in [-0.3, -0.25) is 4.79 Å². The molecule has 20 heavy (non-hydrogen) atoms.